The summed E-state index contributed by atoms with van der Waals surface area (Å²) in [5.74, 6) is 0.535. The maximum Gasteiger partial charge on any atom is 0.238 e. The molecular weight excluding hydrogens is 430 g/mol. The third-order valence-electron chi connectivity index (χ3n) is 5.28. The summed E-state index contributed by atoms with van der Waals surface area (Å²) in [4.78, 5) is 14.2. The molecule has 0 saturated heterocycles. The Morgan fingerprint density at radius 3 is 2.94 bits per heavy atom. The number of fused-ring (bicyclic) bond motifs is 1. The van der Waals surface area contributed by atoms with Gasteiger partial charge in [0.25, 0.3) is 0 Å². The fourth-order valence-corrected chi connectivity index (χ4v) is 5.75. The maximum atomic E-state index is 12.9. The predicted molar refractivity (Wildman–Crippen MR) is 122 cm³/mol. The number of aryl methyl sites for hydroxylation is 1. The number of anilines is 1. The van der Waals surface area contributed by atoms with E-state index in [1.807, 2.05) is 31.2 Å². The summed E-state index contributed by atoms with van der Waals surface area (Å²) >= 11 is 2.86. The lowest BCUT2D eigenvalue weighted by molar-refractivity contribution is -0.115. The van der Waals surface area contributed by atoms with Crippen LogP contribution in [0, 0.1) is 11.3 Å². The van der Waals surface area contributed by atoms with Crippen LogP contribution in [0.2, 0.25) is 0 Å². The molecule has 1 aliphatic carbocycles. The van der Waals surface area contributed by atoms with Crippen molar-refractivity contribution >= 4 is 34.0 Å². The highest BCUT2D eigenvalue weighted by molar-refractivity contribution is 8.00. The van der Waals surface area contributed by atoms with Gasteiger partial charge in [-0.25, -0.2) is 0 Å². The van der Waals surface area contributed by atoms with E-state index >= 15 is 0 Å². The van der Waals surface area contributed by atoms with Crippen LogP contribution in [0.5, 0.6) is 5.75 Å². The monoisotopic (exact) mass is 453 g/mol. The van der Waals surface area contributed by atoms with Crippen molar-refractivity contribution in [2.45, 2.75) is 49.4 Å². The number of ether oxygens (including phenoxy) is 1. The number of thioether (sulfide) groups is 1. The molecule has 4 rings (SSSR count). The average molecular weight is 454 g/mol. The Bertz CT molecular complexity index is 1130. The zero-order chi connectivity index (χ0) is 21.8. The minimum absolute atomic E-state index is 0.160. The van der Waals surface area contributed by atoms with Crippen LogP contribution in [-0.2, 0) is 17.6 Å². The summed E-state index contributed by atoms with van der Waals surface area (Å²) < 4.78 is 7.24. The molecule has 1 atom stereocenters. The minimum atomic E-state index is -0.425. The zero-order valence-electron chi connectivity index (χ0n) is 17.4. The first kappa shape index (κ1) is 21.4. The lowest BCUT2D eigenvalue weighted by Gasteiger charge is -2.13. The van der Waals surface area contributed by atoms with Gasteiger partial charge in [0.15, 0.2) is 5.16 Å². The van der Waals surface area contributed by atoms with Crippen molar-refractivity contribution in [3.63, 3.8) is 0 Å². The van der Waals surface area contributed by atoms with Crippen LogP contribution in [-0.4, -0.2) is 33.0 Å². The quantitative estimate of drug-likeness (QED) is 0.433. The van der Waals surface area contributed by atoms with E-state index in [1.165, 1.54) is 23.1 Å². The van der Waals surface area contributed by atoms with E-state index in [0.29, 0.717) is 21.5 Å². The third kappa shape index (κ3) is 4.45. The molecule has 0 fully saturated rings. The number of nitrogens with one attached hydrogen (secondary N) is 1. The molecule has 31 heavy (non-hydrogen) atoms. The number of carbonyl (C=O) groups excluding carboxylic acids is 1. The smallest absolute Gasteiger partial charge is 0.238 e. The summed E-state index contributed by atoms with van der Waals surface area (Å²) in [7, 11) is 1.61. The molecular formula is C22H23N5O2S2. The molecule has 1 amide bonds. The van der Waals surface area contributed by atoms with Crippen molar-refractivity contribution in [3.05, 3.63) is 46.6 Å². The Morgan fingerprint density at radius 1 is 1.32 bits per heavy atom. The number of nitriles is 1. The van der Waals surface area contributed by atoms with Crippen molar-refractivity contribution in [1.29, 1.82) is 5.26 Å². The number of thiophene rings is 1. The lowest BCUT2D eigenvalue weighted by Crippen LogP contribution is -2.22. The van der Waals surface area contributed by atoms with Crippen molar-refractivity contribution < 1.29 is 9.53 Å². The summed E-state index contributed by atoms with van der Waals surface area (Å²) in [5.41, 5.74) is 2.56. The van der Waals surface area contributed by atoms with Gasteiger partial charge in [-0.1, -0.05) is 30.3 Å². The molecule has 2 aromatic heterocycles. The van der Waals surface area contributed by atoms with Crippen molar-refractivity contribution in [2.75, 3.05) is 12.4 Å². The first-order valence-electron chi connectivity index (χ1n) is 10.2. The number of aromatic nitrogens is 3. The number of nitrogens with zero attached hydrogens (tertiary/aromatic N) is 4. The second-order valence-electron chi connectivity index (χ2n) is 7.29. The van der Waals surface area contributed by atoms with Gasteiger partial charge in [-0.2, -0.15) is 5.26 Å². The molecule has 7 nitrogen and oxygen atoms in total. The fraction of sp³-hybridized carbons (Fsp3) is 0.364. The molecule has 0 unspecified atom stereocenters. The Labute approximate surface area is 189 Å². The van der Waals surface area contributed by atoms with Crippen molar-refractivity contribution in [2.24, 2.45) is 0 Å². The van der Waals surface area contributed by atoms with Gasteiger partial charge >= 0.3 is 0 Å². The fourth-order valence-electron chi connectivity index (χ4n) is 3.67. The second-order valence-corrected chi connectivity index (χ2v) is 9.70. The van der Waals surface area contributed by atoms with Crippen molar-refractivity contribution in [1.82, 2.24) is 14.8 Å². The van der Waals surface area contributed by atoms with Gasteiger partial charge in [-0.05, 0) is 50.3 Å². The number of methoxy groups -OCH3 is 1. The van der Waals surface area contributed by atoms with Crippen LogP contribution in [0.3, 0.4) is 0 Å². The van der Waals surface area contributed by atoms with Crippen LogP contribution < -0.4 is 10.1 Å². The van der Waals surface area contributed by atoms with Gasteiger partial charge < -0.3 is 10.1 Å². The van der Waals surface area contributed by atoms with E-state index in [0.717, 1.165) is 36.9 Å². The van der Waals surface area contributed by atoms with Gasteiger partial charge in [0.1, 0.15) is 23.1 Å². The highest BCUT2D eigenvalue weighted by Gasteiger charge is 2.24. The van der Waals surface area contributed by atoms with E-state index in [1.54, 1.807) is 29.3 Å². The number of benzene rings is 1. The van der Waals surface area contributed by atoms with E-state index in [-0.39, 0.29) is 5.91 Å². The molecule has 3 aromatic rings. The molecule has 0 aliphatic heterocycles. The summed E-state index contributed by atoms with van der Waals surface area (Å²) in [6.07, 6.45) is 6.92. The maximum absolute atomic E-state index is 12.9. The number of amides is 1. The van der Waals surface area contributed by atoms with E-state index in [2.05, 4.69) is 21.6 Å². The van der Waals surface area contributed by atoms with Gasteiger partial charge in [0.2, 0.25) is 5.91 Å². The Balaban J connectivity index is 1.51. The number of hydrogen-bond donors (Lipinski definition) is 1. The van der Waals surface area contributed by atoms with E-state index in [9.17, 15) is 10.1 Å². The summed E-state index contributed by atoms with van der Waals surface area (Å²) in [6, 6.07) is 9.89. The molecule has 0 saturated carbocycles. The SMILES string of the molecule is COc1ccccc1-n1cnnc1S[C@@H](C)C(=O)Nc1sc2c(c1C#N)CCCCC2. The Hall–Kier alpha value is -2.83. The van der Waals surface area contributed by atoms with Gasteiger partial charge in [0.05, 0.1) is 23.6 Å². The summed E-state index contributed by atoms with van der Waals surface area (Å²) in [5, 5.41) is 21.7. The molecule has 9 heteroatoms. The zero-order valence-corrected chi connectivity index (χ0v) is 19.1. The number of hydrogen-bond acceptors (Lipinski definition) is 7. The molecule has 2 heterocycles. The van der Waals surface area contributed by atoms with E-state index in [4.69, 9.17) is 4.74 Å². The standard InChI is InChI=1S/C22H23N5O2S2/c1-14(30-22-26-24-13-27(22)17-9-6-7-10-18(17)29-2)20(28)25-21-16(12-23)15-8-4-3-5-11-19(15)31-21/h6-7,9-10,13-14H,3-5,8,11H2,1-2H3,(H,25,28)/t14-/m0/s1. The topological polar surface area (TPSA) is 92.8 Å². The highest BCUT2D eigenvalue weighted by atomic mass is 32.2. The number of para-hydroxylation sites is 2. The normalized spacial score (nSPS) is 14.2. The van der Waals surface area contributed by atoms with Gasteiger partial charge in [-0.15, -0.1) is 21.5 Å². The highest BCUT2D eigenvalue weighted by Crippen LogP contribution is 2.37. The van der Waals surface area contributed by atoms with Crippen molar-refractivity contribution in [3.8, 4) is 17.5 Å². The largest absolute Gasteiger partial charge is 0.495 e. The molecule has 1 aliphatic rings. The van der Waals surface area contributed by atoms with Crippen LogP contribution in [0.25, 0.3) is 5.69 Å². The molecule has 1 N–H and O–H groups in total. The first-order valence-corrected chi connectivity index (χ1v) is 11.9. The molecule has 0 bridgehead atoms. The van der Waals surface area contributed by atoms with Gasteiger partial charge in [-0.3, -0.25) is 9.36 Å². The van der Waals surface area contributed by atoms with E-state index < -0.39 is 5.25 Å². The summed E-state index contributed by atoms with van der Waals surface area (Å²) in [6.45, 7) is 1.83. The second kappa shape index (κ2) is 9.54. The Kier molecular flexibility index (Phi) is 6.59. The Morgan fingerprint density at radius 2 is 2.13 bits per heavy atom. The predicted octanol–water partition coefficient (Wildman–Crippen LogP) is 4.60. The van der Waals surface area contributed by atoms with Gasteiger partial charge in [0, 0.05) is 4.88 Å². The third-order valence-corrected chi connectivity index (χ3v) is 7.55. The molecule has 0 radical (unpaired) electrons. The number of carbonyl (C=O) groups is 1. The van der Waals surface area contributed by atoms with Crippen LogP contribution in [0.4, 0.5) is 5.00 Å². The van der Waals surface area contributed by atoms with Crippen LogP contribution in [0.1, 0.15) is 42.2 Å². The number of rotatable bonds is 6. The lowest BCUT2D eigenvalue weighted by atomic mass is 10.1. The first-order chi connectivity index (χ1) is 15.1. The average Bonchev–Trinajstić information content (AvgIpc) is 3.30. The molecule has 160 valence electrons. The van der Waals surface area contributed by atoms with Crippen LogP contribution >= 0.6 is 23.1 Å². The molecule has 0 spiro atoms. The molecule has 1 aromatic carbocycles. The minimum Gasteiger partial charge on any atom is -0.495 e. The van der Waals surface area contributed by atoms with Crippen LogP contribution in [0.15, 0.2) is 35.7 Å².